The van der Waals surface area contributed by atoms with Crippen molar-refractivity contribution in [2.24, 2.45) is 5.73 Å². The van der Waals surface area contributed by atoms with Crippen LogP contribution in [-0.4, -0.2) is 30.7 Å². The summed E-state index contributed by atoms with van der Waals surface area (Å²) in [7, 11) is 0. The minimum absolute atomic E-state index is 0.148. The quantitative estimate of drug-likeness (QED) is 0.782. The maximum Gasteiger partial charge on any atom is 0.222 e. The average molecular weight is 240 g/mol. The van der Waals surface area contributed by atoms with Crippen LogP contribution in [0, 0.1) is 0 Å². The number of hydrogen-bond acceptors (Lipinski definition) is 3. The summed E-state index contributed by atoms with van der Waals surface area (Å²) in [6.07, 6.45) is 8.15. The first-order valence-electron chi connectivity index (χ1n) is 6.90. The van der Waals surface area contributed by atoms with Gasteiger partial charge in [-0.3, -0.25) is 4.79 Å². The van der Waals surface area contributed by atoms with Gasteiger partial charge in [-0.25, -0.2) is 0 Å². The monoisotopic (exact) mass is 240 g/mol. The SMILES string of the molecule is NC1CCC(NC(=O)CC2CCCCO2)CC1. The molecule has 0 radical (unpaired) electrons. The van der Waals surface area contributed by atoms with Gasteiger partial charge in [0.15, 0.2) is 0 Å². The van der Waals surface area contributed by atoms with Crippen molar-refractivity contribution in [2.75, 3.05) is 6.61 Å². The first-order chi connectivity index (χ1) is 8.24. The first-order valence-corrected chi connectivity index (χ1v) is 6.90. The van der Waals surface area contributed by atoms with E-state index in [0.29, 0.717) is 18.5 Å². The summed E-state index contributed by atoms with van der Waals surface area (Å²) < 4.78 is 5.57. The fourth-order valence-corrected chi connectivity index (χ4v) is 2.73. The molecule has 1 saturated carbocycles. The zero-order valence-corrected chi connectivity index (χ0v) is 10.5. The van der Waals surface area contributed by atoms with Gasteiger partial charge in [-0.1, -0.05) is 0 Å². The topological polar surface area (TPSA) is 64.3 Å². The molecule has 1 heterocycles. The second-order valence-electron chi connectivity index (χ2n) is 5.37. The molecule has 17 heavy (non-hydrogen) atoms. The van der Waals surface area contributed by atoms with E-state index >= 15 is 0 Å². The van der Waals surface area contributed by atoms with Crippen molar-refractivity contribution in [3.63, 3.8) is 0 Å². The lowest BCUT2D eigenvalue weighted by Crippen LogP contribution is -2.41. The number of nitrogens with two attached hydrogens (primary N) is 1. The lowest BCUT2D eigenvalue weighted by atomic mass is 9.91. The molecule has 0 spiro atoms. The minimum Gasteiger partial charge on any atom is -0.378 e. The number of carbonyl (C=O) groups excluding carboxylic acids is 1. The number of carbonyl (C=O) groups is 1. The molecule has 0 aromatic heterocycles. The number of nitrogens with one attached hydrogen (secondary N) is 1. The van der Waals surface area contributed by atoms with Crippen LogP contribution in [-0.2, 0) is 9.53 Å². The highest BCUT2D eigenvalue weighted by molar-refractivity contribution is 5.76. The van der Waals surface area contributed by atoms with Gasteiger partial charge in [0.05, 0.1) is 12.5 Å². The molecule has 1 aliphatic carbocycles. The van der Waals surface area contributed by atoms with Crippen molar-refractivity contribution in [3.8, 4) is 0 Å². The number of amides is 1. The Balaban J connectivity index is 1.66. The smallest absolute Gasteiger partial charge is 0.222 e. The molecule has 1 unspecified atom stereocenters. The molecular weight excluding hydrogens is 216 g/mol. The molecule has 0 aromatic rings. The van der Waals surface area contributed by atoms with E-state index in [-0.39, 0.29) is 12.0 Å². The van der Waals surface area contributed by atoms with Crippen LogP contribution in [0.15, 0.2) is 0 Å². The Bertz CT molecular complexity index is 244. The van der Waals surface area contributed by atoms with E-state index in [1.165, 1.54) is 6.42 Å². The van der Waals surface area contributed by atoms with E-state index in [4.69, 9.17) is 10.5 Å². The largest absolute Gasteiger partial charge is 0.378 e. The second-order valence-corrected chi connectivity index (χ2v) is 5.37. The lowest BCUT2D eigenvalue weighted by Gasteiger charge is -2.28. The molecule has 0 bridgehead atoms. The molecule has 1 atom stereocenters. The summed E-state index contributed by atoms with van der Waals surface area (Å²) in [5.41, 5.74) is 5.84. The van der Waals surface area contributed by atoms with Crippen molar-refractivity contribution in [1.82, 2.24) is 5.32 Å². The fourth-order valence-electron chi connectivity index (χ4n) is 2.73. The Morgan fingerprint density at radius 3 is 2.59 bits per heavy atom. The van der Waals surface area contributed by atoms with E-state index in [2.05, 4.69) is 5.32 Å². The van der Waals surface area contributed by atoms with Crippen LogP contribution in [0.2, 0.25) is 0 Å². The van der Waals surface area contributed by atoms with Crippen LogP contribution < -0.4 is 11.1 Å². The van der Waals surface area contributed by atoms with Gasteiger partial charge in [0.25, 0.3) is 0 Å². The summed E-state index contributed by atoms with van der Waals surface area (Å²) in [6, 6.07) is 0.677. The Morgan fingerprint density at radius 2 is 1.94 bits per heavy atom. The standard InChI is InChI=1S/C13H24N2O2/c14-10-4-6-11(7-5-10)15-13(16)9-12-3-1-2-8-17-12/h10-12H,1-9,14H2,(H,15,16). The van der Waals surface area contributed by atoms with Crippen LogP contribution in [0.3, 0.4) is 0 Å². The highest BCUT2D eigenvalue weighted by Crippen LogP contribution is 2.18. The van der Waals surface area contributed by atoms with E-state index in [0.717, 1.165) is 45.1 Å². The van der Waals surface area contributed by atoms with Crippen LogP contribution in [0.5, 0.6) is 0 Å². The van der Waals surface area contributed by atoms with Gasteiger partial charge in [-0.15, -0.1) is 0 Å². The highest BCUT2D eigenvalue weighted by atomic mass is 16.5. The van der Waals surface area contributed by atoms with E-state index < -0.39 is 0 Å². The molecule has 1 saturated heterocycles. The van der Waals surface area contributed by atoms with Crippen molar-refractivity contribution in [1.29, 1.82) is 0 Å². The fraction of sp³-hybridized carbons (Fsp3) is 0.923. The third-order valence-corrected chi connectivity index (χ3v) is 3.82. The Labute approximate surface area is 103 Å². The van der Waals surface area contributed by atoms with Gasteiger partial charge >= 0.3 is 0 Å². The average Bonchev–Trinajstić information content (AvgIpc) is 2.33. The maximum absolute atomic E-state index is 11.8. The van der Waals surface area contributed by atoms with Crippen LogP contribution in [0.25, 0.3) is 0 Å². The molecule has 1 aliphatic heterocycles. The Morgan fingerprint density at radius 1 is 1.18 bits per heavy atom. The highest BCUT2D eigenvalue weighted by Gasteiger charge is 2.22. The van der Waals surface area contributed by atoms with Crippen molar-refractivity contribution >= 4 is 5.91 Å². The van der Waals surface area contributed by atoms with Gasteiger partial charge in [0, 0.05) is 18.7 Å². The number of hydrogen-bond donors (Lipinski definition) is 2. The third kappa shape index (κ3) is 4.28. The van der Waals surface area contributed by atoms with Crippen LogP contribution >= 0.6 is 0 Å². The first kappa shape index (κ1) is 12.8. The maximum atomic E-state index is 11.8. The normalized spacial score (nSPS) is 34.3. The van der Waals surface area contributed by atoms with Gasteiger partial charge in [0.2, 0.25) is 5.91 Å². The summed E-state index contributed by atoms with van der Waals surface area (Å²) in [5.74, 6) is 0.150. The van der Waals surface area contributed by atoms with E-state index in [9.17, 15) is 4.79 Å². The molecule has 98 valence electrons. The Kier molecular flexibility index (Phi) is 4.80. The molecule has 3 N–H and O–H groups in total. The Hall–Kier alpha value is -0.610. The van der Waals surface area contributed by atoms with Crippen LogP contribution in [0.1, 0.15) is 51.4 Å². The van der Waals surface area contributed by atoms with E-state index in [1.807, 2.05) is 0 Å². The number of rotatable bonds is 3. The summed E-state index contributed by atoms with van der Waals surface area (Å²) in [6.45, 7) is 0.816. The van der Waals surface area contributed by atoms with Crippen molar-refractivity contribution in [2.45, 2.75) is 69.6 Å². The lowest BCUT2D eigenvalue weighted by molar-refractivity contribution is -0.125. The zero-order chi connectivity index (χ0) is 12.1. The molecular formula is C13H24N2O2. The minimum atomic E-state index is 0.148. The molecule has 0 aromatic carbocycles. The predicted molar refractivity (Wildman–Crippen MR) is 66.6 cm³/mol. The summed E-state index contributed by atoms with van der Waals surface area (Å²) in [5, 5.41) is 3.11. The molecule has 4 nitrogen and oxygen atoms in total. The molecule has 4 heteroatoms. The third-order valence-electron chi connectivity index (χ3n) is 3.82. The van der Waals surface area contributed by atoms with E-state index in [1.54, 1.807) is 0 Å². The molecule has 2 aliphatic rings. The van der Waals surface area contributed by atoms with Crippen molar-refractivity contribution < 1.29 is 9.53 Å². The van der Waals surface area contributed by atoms with Crippen molar-refractivity contribution in [3.05, 3.63) is 0 Å². The predicted octanol–water partition coefficient (Wildman–Crippen LogP) is 1.33. The molecule has 2 fully saturated rings. The van der Waals surface area contributed by atoms with Crippen LogP contribution in [0.4, 0.5) is 0 Å². The van der Waals surface area contributed by atoms with Gasteiger partial charge in [-0.05, 0) is 44.9 Å². The molecule has 2 rings (SSSR count). The zero-order valence-electron chi connectivity index (χ0n) is 10.5. The van der Waals surface area contributed by atoms with Gasteiger partial charge in [-0.2, -0.15) is 0 Å². The number of ether oxygens (including phenoxy) is 1. The molecule has 1 amide bonds. The summed E-state index contributed by atoms with van der Waals surface area (Å²) in [4.78, 5) is 11.8. The van der Waals surface area contributed by atoms with Gasteiger partial charge < -0.3 is 15.8 Å². The van der Waals surface area contributed by atoms with Gasteiger partial charge in [0.1, 0.15) is 0 Å². The summed E-state index contributed by atoms with van der Waals surface area (Å²) >= 11 is 0. The second kappa shape index (κ2) is 6.36.